The number of benzene rings is 1. The number of hydrogen-bond donors (Lipinski definition) is 0. The maximum atomic E-state index is 12.3. The summed E-state index contributed by atoms with van der Waals surface area (Å²) in [5.74, 6) is 0.230. The van der Waals surface area contributed by atoms with E-state index in [0.29, 0.717) is 0 Å². The van der Waals surface area contributed by atoms with Gasteiger partial charge in [0.05, 0.1) is 5.25 Å². The lowest BCUT2D eigenvalue weighted by Crippen LogP contribution is -2.49. The molecule has 3 nitrogen and oxygen atoms in total. The molecule has 19 heavy (non-hydrogen) atoms. The maximum absolute atomic E-state index is 12.3. The van der Waals surface area contributed by atoms with Crippen LogP contribution in [0.25, 0.3) is 0 Å². The van der Waals surface area contributed by atoms with Gasteiger partial charge in [-0.1, -0.05) is 11.6 Å². The summed E-state index contributed by atoms with van der Waals surface area (Å²) in [6.07, 6.45) is 0. The molecule has 1 amide bonds. The van der Waals surface area contributed by atoms with Crippen molar-refractivity contribution < 1.29 is 4.79 Å². The summed E-state index contributed by atoms with van der Waals surface area (Å²) < 4.78 is 0. The number of piperazine rings is 1. The number of rotatable bonds is 3. The van der Waals surface area contributed by atoms with Crippen LogP contribution in [0.5, 0.6) is 0 Å². The highest BCUT2D eigenvalue weighted by Crippen LogP contribution is 2.26. The van der Waals surface area contributed by atoms with Crippen LogP contribution in [-0.2, 0) is 4.79 Å². The largest absolute Gasteiger partial charge is 0.339 e. The summed E-state index contributed by atoms with van der Waals surface area (Å²) in [6, 6.07) is 7.63. The van der Waals surface area contributed by atoms with Crippen molar-refractivity contribution >= 4 is 29.3 Å². The number of carbonyl (C=O) groups excluding carboxylic acids is 1. The van der Waals surface area contributed by atoms with Gasteiger partial charge in [0, 0.05) is 36.1 Å². The minimum atomic E-state index is -0.0513. The third-order valence-electron chi connectivity index (χ3n) is 3.29. The molecule has 0 aliphatic carbocycles. The number of carbonyl (C=O) groups is 1. The fourth-order valence-electron chi connectivity index (χ4n) is 2.05. The smallest absolute Gasteiger partial charge is 0.235 e. The molecule has 1 saturated heterocycles. The lowest BCUT2D eigenvalue weighted by molar-refractivity contribution is -0.131. The van der Waals surface area contributed by atoms with Gasteiger partial charge in [0.1, 0.15) is 0 Å². The van der Waals surface area contributed by atoms with Crippen molar-refractivity contribution in [3.8, 4) is 0 Å². The van der Waals surface area contributed by atoms with Crippen LogP contribution in [0.1, 0.15) is 6.92 Å². The van der Waals surface area contributed by atoms with E-state index in [1.807, 2.05) is 36.1 Å². The Morgan fingerprint density at radius 2 is 1.79 bits per heavy atom. The monoisotopic (exact) mass is 298 g/mol. The predicted molar refractivity (Wildman–Crippen MR) is 80.8 cm³/mol. The Bertz CT molecular complexity index is 430. The van der Waals surface area contributed by atoms with Gasteiger partial charge in [0.25, 0.3) is 0 Å². The zero-order chi connectivity index (χ0) is 13.8. The quantitative estimate of drug-likeness (QED) is 0.802. The lowest BCUT2D eigenvalue weighted by Gasteiger charge is -2.33. The maximum Gasteiger partial charge on any atom is 0.235 e. The Morgan fingerprint density at radius 1 is 1.21 bits per heavy atom. The molecular formula is C14H19ClN2OS. The summed E-state index contributed by atoms with van der Waals surface area (Å²) >= 11 is 7.45. The van der Waals surface area contributed by atoms with E-state index in [1.165, 1.54) is 0 Å². The van der Waals surface area contributed by atoms with Crippen LogP contribution in [0.2, 0.25) is 5.02 Å². The Kier molecular flexibility index (Phi) is 5.13. The molecule has 0 spiro atoms. The van der Waals surface area contributed by atoms with Gasteiger partial charge in [0.15, 0.2) is 0 Å². The molecule has 5 heteroatoms. The first-order valence-electron chi connectivity index (χ1n) is 6.46. The van der Waals surface area contributed by atoms with Crippen LogP contribution < -0.4 is 0 Å². The van der Waals surface area contributed by atoms with Gasteiger partial charge in [-0.2, -0.15) is 0 Å². The average Bonchev–Trinajstić information content (AvgIpc) is 2.41. The summed E-state index contributed by atoms with van der Waals surface area (Å²) in [5, 5.41) is 0.673. The molecule has 0 radical (unpaired) electrons. The summed E-state index contributed by atoms with van der Waals surface area (Å²) in [6.45, 7) is 5.57. The number of thioether (sulfide) groups is 1. The molecule has 0 aromatic heterocycles. The molecule has 1 atom stereocenters. The van der Waals surface area contributed by atoms with E-state index in [9.17, 15) is 4.79 Å². The molecule has 1 aliphatic rings. The van der Waals surface area contributed by atoms with E-state index in [0.717, 1.165) is 36.1 Å². The Labute approximate surface area is 123 Å². The second-order valence-corrected chi connectivity index (χ2v) is 6.69. The molecule has 1 unspecified atom stereocenters. The van der Waals surface area contributed by atoms with Gasteiger partial charge in [-0.3, -0.25) is 4.79 Å². The third-order valence-corrected chi connectivity index (χ3v) is 4.64. The number of likely N-dealkylation sites (N-methyl/N-ethyl adjacent to an activating group) is 1. The van der Waals surface area contributed by atoms with Gasteiger partial charge >= 0.3 is 0 Å². The molecule has 0 N–H and O–H groups in total. The predicted octanol–water partition coefficient (Wildman–Crippen LogP) is 2.59. The molecule has 0 saturated carbocycles. The first kappa shape index (κ1) is 14.7. The highest BCUT2D eigenvalue weighted by atomic mass is 35.5. The van der Waals surface area contributed by atoms with Crippen molar-refractivity contribution in [2.24, 2.45) is 0 Å². The molecular weight excluding hydrogens is 280 g/mol. The number of hydrogen-bond acceptors (Lipinski definition) is 3. The number of nitrogens with zero attached hydrogens (tertiary/aromatic N) is 2. The third kappa shape index (κ3) is 4.13. The van der Waals surface area contributed by atoms with Crippen molar-refractivity contribution in [2.45, 2.75) is 17.1 Å². The van der Waals surface area contributed by atoms with Gasteiger partial charge in [-0.05, 0) is 38.2 Å². The molecule has 1 heterocycles. The van der Waals surface area contributed by atoms with E-state index in [1.54, 1.807) is 11.8 Å². The summed E-state index contributed by atoms with van der Waals surface area (Å²) in [4.78, 5) is 17.6. The van der Waals surface area contributed by atoms with Crippen molar-refractivity contribution in [1.82, 2.24) is 9.80 Å². The zero-order valence-electron chi connectivity index (χ0n) is 11.3. The van der Waals surface area contributed by atoms with Crippen LogP contribution in [0.15, 0.2) is 29.2 Å². The van der Waals surface area contributed by atoms with E-state index in [2.05, 4.69) is 11.9 Å². The lowest BCUT2D eigenvalue weighted by atomic mass is 10.3. The fraction of sp³-hybridized carbons (Fsp3) is 0.500. The second kappa shape index (κ2) is 6.64. The Morgan fingerprint density at radius 3 is 2.37 bits per heavy atom. The van der Waals surface area contributed by atoms with E-state index >= 15 is 0 Å². The van der Waals surface area contributed by atoms with E-state index < -0.39 is 0 Å². The normalized spacial score (nSPS) is 18.4. The van der Waals surface area contributed by atoms with Gasteiger partial charge in [0.2, 0.25) is 5.91 Å². The van der Waals surface area contributed by atoms with Gasteiger partial charge < -0.3 is 9.80 Å². The molecule has 2 rings (SSSR count). The molecule has 1 aliphatic heterocycles. The van der Waals surface area contributed by atoms with E-state index in [-0.39, 0.29) is 11.2 Å². The molecule has 0 bridgehead atoms. The van der Waals surface area contributed by atoms with Crippen LogP contribution in [0.4, 0.5) is 0 Å². The van der Waals surface area contributed by atoms with Crippen LogP contribution in [0, 0.1) is 0 Å². The average molecular weight is 299 g/mol. The van der Waals surface area contributed by atoms with Gasteiger partial charge in [-0.15, -0.1) is 11.8 Å². The van der Waals surface area contributed by atoms with Crippen molar-refractivity contribution in [3.05, 3.63) is 29.3 Å². The minimum absolute atomic E-state index is 0.0513. The SMILES string of the molecule is CC(Sc1ccc(Cl)cc1)C(=O)N1CCN(C)CC1. The number of amides is 1. The molecule has 1 aromatic rings. The topological polar surface area (TPSA) is 23.6 Å². The molecule has 1 fully saturated rings. The fourth-order valence-corrected chi connectivity index (χ4v) is 3.13. The number of halogens is 1. The molecule has 104 valence electrons. The highest BCUT2D eigenvalue weighted by Gasteiger charge is 2.24. The molecule has 1 aromatic carbocycles. The first-order chi connectivity index (χ1) is 9.06. The summed E-state index contributed by atoms with van der Waals surface area (Å²) in [5.41, 5.74) is 0. The highest BCUT2D eigenvalue weighted by molar-refractivity contribution is 8.00. The first-order valence-corrected chi connectivity index (χ1v) is 7.71. The van der Waals surface area contributed by atoms with Crippen molar-refractivity contribution in [1.29, 1.82) is 0 Å². The van der Waals surface area contributed by atoms with Crippen molar-refractivity contribution in [2.75, 3.05) is 33.2 Å². The Hall–Kier alpha value is -0.710. The van der Waals surface area contributed by atoms with E-state index in [4.69, 9.17) is 11.6 Å². The standard InChI is InChI=1S/C14H19ClN2OS/c1-11(19-13-5-3-12(15)4-6-13)14(18)17-9-7-16(2)8-10-17/h3-6,11H,7-10H2,1-2H3. The van der Waals surface area contributed by atoms with Crippen molar-refractivity contribution in [3.63, 3.8) is 0 Å². The van der Waals surface area contributed by atoms with Gasteiger partial charge in [-0.25, -0.2) is 0 Å². The minimum Gasteiger partial charge on any atom is -0.339 e. The second-order valence-electron chi connectivity index (χ2n) is 4.84. The van der Waals surface area contributed by atoms with Crippen LogP contribution in [-0.4, -0.2) is 54.2 Å². The van der Waals surface area contributed by atoms with Crippen LogP contribution in [0.3, 0.4) is 0 Å². The summed E-state index contributed by atoms with van der Waals surface area (Å²) in [7, 11) is 2.09. The van der Waals surface area contributed by atoms with Crippen LogP contribution >= 0.6 is 23.4 Å². The Balaban J connectivity index is 1.90. The zero-order valence-corrected chi connectivity index (χ0v) is 12.9.